The first-order valence-electron chi connectivity index (χ1n) is 7.00. The van der Waals surface area contributed by atoms with Crippen molar-refractivity contribution in [3.05, 3.63) is 33.5 Å². The van der Waals surface area contributed by atoms with E-state index in [1.54, 1.807) is 0 Å². The zero-order valence-electron chi connectivity index (χ0n) is 13.7. The molecule has 0 atom stereocenters. The molecule has 20 heavy (non-hydrogen) atoms. The lowest BCUT2D eigenvalue weighted by atomic mass is 10.1. The average Bonchev–Trinajstić information content (AvgIpc) is 2.35. The van der Waals surface area contributed by atoms with Gasteiger partial charge in [-0.2, -0.15) is 0 Å². The van der Waals surface area contributed by atoms with Gasteiger partial charge in [-0.3, -0.25) is 0 Å². The van der Waals surface area contributed by atoms with Gasteiger partial charge in [-0.1, -0.05) is 61.6 Å². The number of aliphatic hydroxyl groups excluding tert-OH is 1. The number of hydrogen-bond acceptors (Lipinski definition) is 2. The van der Waals surface area contributed by atoms with E-state index < -0.39 is 8.32 Å². The van der Waals surface area contributed by atoms with Gasteiger partial charge >= 0.3 is 0 Å². The maximum absolute atomic E-state index is 9.31. The zero-order chi connectivity index (χ0) is 15.8. The second-order valence-electron chi connectivity index (χ2n) is 6.56. The Morgan fingerprint density at radius 1 is 1.25 bits per heavy atom. The fourth-order valence-electron chi connectivity index (χ4n) is 1.30. The number of aliphatic hydroxyl groups is 1. The van der Waals surface area contributed by atoms with Crippen LogP contribution in [0.15, 0.2) is 33.5 Å². The highest BCUT2D eigenvalue weighted by atomic mass is 127. The third-order valence-corrected chi connectivity index (χ3v) is 9.18. The molecule has 0 unspecified atom stereocenters. The fourth-order valence-corrected chi connectivity index (χ4v) is 2.42. The first-order chi connectivity index (χ1) is 9.14. The molecule has 2 nitrogen and oxygen atoms in total. The summed E-state index contributed by atoms with van der Waals surface area (Å²) in [5.41, 5.74) is 2.19. The van der Waals surface area contributed by atoms with Gasteiger partial charge in [-0.15, -0.1) is 0 Å². The van der Waals surface area contributed by atoms with E-state index in [-0.39, 0.29) is 11.6 Å². The van der Waals surface area contributed by atoms with E-state index >= 15 is 0 Å². The summed E-state index contributed by atoms with van der Waals surface area (Å²) in [7, 11) is -1.65. The molecule has 0 aliphatic carbocycles. The summed E-state index contributed by atoms with van der Waals surface area (Å²) in [4.78, 5) is 0. The monoisotopic (exact) mass is 408 g/mol. The largest absolute Gasteiger partial charge is 0.413 e. The number of allylic oxidation sites excluding steroid dienone is 3. The van der Waals surface area contributed by atoms with Crippen LogP contribution in [0.2, 0.25) is 18.1 Å². The molecule has 1 N–H and O–H groups in total. The van der Waals surface area contributed by atoms with E-state index in [1.165, 1.54) is 5.57 Å². The predicted octanol–water partition coefficient (Wildman–Crippen LogP) is 5.21. The molecule has 4 heteroatoms. The Morgan fingerprint density at radius 3 is 2.30 bits per heavy atom. The normalized spacial score (nSPS) is 15.2. The summed E-state index contributed by atoms with van der Waals surface area (Å²) < 4.78 is 8.08. The number of hydrogen-bond donors (Lipinski definition) is 1. The average molecular weight is 408 g/mol. The second-order valence-corrected chi connectivity index (χ2v) is 12.0. The Labute approximate surface area is 139 Å². The van der Waals surface area contributed by atoms with Crippen molar-refractivity contribution in [2.45, 2.75) is 52.2 Å². The Hall–Kier alpha value is 0.0869. The summed E-state index contributed by atoms with van der Waals surface area (Å²) in [6, 6.07) is 0. The Kier molecular flexibility index (Phi) is 9.22. The van der Waals surface area contributed by atoms with Crippen molar-refractivity contribution in [2.24, 2.45) is 0 Å². The van der Waals surface area contributed by atoms with Crippen LogP contribution in [-0.2, 0) is 4.43 Å². The van der Waals surface area contributed by atoms with Gasteiger partial charge in [0.05, 0.1) is 13.2 Å². The predicted molar refractivity (Wildman–Crippen MR) is 99.9 cm³/mol. The van der Waals surface area contributed by atoms with Crippen LogP contribution >= 0.6 is 22.6 Å². The first-order valence-corrected chi connectivity index (χ1v) is 11.2. The van der Waals surface area contributed by atoms with Gasteiger partial charge in [0.25, 0.3) is 0 Å². The highest BCUT2D eigenvalue weighted by molar-refractivity contribution is 14.1. The third-order valence-electron chi connectivity index (χ3n) is 3.70. The number of halogens is 1. The summed E-state index contributed by atoms with van der Waals surface area (Å²) in [6.45, 7) is 14.1. The molecule has 0 aliphatic heterocycles. The van der Waals surface area contributed by atoms with E-state index in [2.05, 4.69) is 68.6 Å². The molecule has 0 aromatic rings. The van der Waals surface area contributed by atoms with Crippen LogP contribution < -0.4 is 0 Å². The molecular formula is C16H29IO2Si. The summed E-state index contributed by atoms with van der Waals surface area (Å²) in [5, 5.41) is 9.56. The van der Waals surface area contributed by atoms with E-state index in [1.807, 2.05) is 17.1 Å². The van der Waals surface area contributed by atoms with E-state index in [0.29, 0.717) is 6.61 Å². The number of rotatable bonds is 7. The molecule has 0 spiro atoms. The standard InChI is InChI=1S/C16H29IO2Si/c1-14(12-17)11-15(13-18)9-7-8-10-19-20(5,6)16(2,3)4/h7-8,11-12,18H,9-10,13H2,1-6H3/b8-7+,14-12-,15-11-. The van der Waals surface area contributed by atoms with Crippen molar-refractivity contribution < 1.29 is 9.53 Å². The van der Waals surface area contributed by atoms with Gasteiger partial charge in [0.1, 0.15) is 0 Å². The summed E-state index contributed by atoms with van der Waals surface area (Å²) in [5.74, 6) is 0. The zero-order valence-corrected chi connectivity index (χ0v) is 16.8. The lowest BCUT2D eigenvalue weighted by Crippen LogP contribution is -2.40. The van der Waals surface area contributed by atoms with Crippen LogP contribution in [0, 0.1) is 0 Å². The molecule has 116 valence electrons. The quantitative estimate of drug-likeness (QED) is 0.271. The minimum Gasteiger partial charge on any atom is -0.413 e. The van der Waals surface area contributed by atoms with Crippen molar-refractivity contribution in [1.29, 1.82) is 0 Å². The van der Waals surface area contributed by atoms with Gasteiger partial charge in [-0.05, 0) is 46.7 Å². The molecule has 0 fully saturated rings. The van der Waals surface area contributed by atoms with Gasteiger partial charge in [-0.25, -0.2) is 0 Å². The van der Waals surface area contributed by atoms with Gasteiger partial charge in [0.2, 0.25) is 0 Å². The molecule has 0 amide bonds. The first kappa shape index (κ1) is 20.1. The smallest absolute Gasteiger partial charge is 0.192 e. The maximum Gasteiger partial charge on any atom is 0.192 e. The van der Waals surface area contributed by atoms with Gasteiger partial charge < -0.3 is 9.53 Å². The van der Waals surface area contributed by atoms with Crippen LogP contribution in [0.25, 0.3) is 0 Å². The van der Waals surface area contributed by atoms with Crippen molar-refractivity contribution in [3.63, 3.8) is 0 Å². The molecule has 0 radical (unpaired) electrons. The van der Waals surface area contributed by atoms with Crippen LogP contribution in [0.3, 0.4) is 0 Å². The van der Waals surface area contributed by atoms with Crippen LogP contribution in [0.4, 0.5) is 0 Å². The Balaban J connectivity index is 4.31. The van der Waals surface area contributed by atoms with Crippen LogP contribution in [-0.4, -0.2) is 26.6 Å². The lowest BCUT2D eigenvalue weighted by Gasteiger charge is -2.35. The van der Waals surface area contributed by atoms with E-state index in [4.69, 9.17) is 4.43 Å². The van der Waals surface area contributed by atoms with Crippen molar-refractivity contribution in [3.8, 4) is 0 Å². The van der Waals surface area contributed by atoms with Crippen LogP contribution in [0.5, 0.6) is 0 Å². The SMILES string of the molecule is CC(=C/I)/C=C(\CO)C/C=C/CO[Si](C)(C)C(C)(C)C. The highest BCUT2D eigenvalue weighted by Crippen LogP contribution is 2.36. The van der Waals surface area contributed by atoms with Crippen molar-refractivity contribution in [2.75, 3.05) is 13.2 Å². The minimum atomic E-state index is -1.65. The van der Waals surface area contributed by atoms with Gasteiger partial charge in [0.15, 0.2) is 8.32 Å². The van der Waals surface area contributed by atoms with Crippen LogP contribution in [0.1, 0.15) is 34.1 Å². The Morgan fingerprint density at radius 2 is 1.85 bits per heavy atom. The molecule has 0 saturated heterocycles. The molecular weight excluding hydrogens is 379 g/mol. The fraction of sp³-hybridized carbons (Fsp3) is 0.625. The molecule has 0 aromatic carbocycles. The lowest BCUT2D eigenvalue weighted by molar-refractivity contribution is 0.325. The maximum atomic E-state index is 9.31. The summed E-state index contributed by atoms with van der Waals surface area (Å²) in [6.07, 6.45) is 6.95. The molecule has 0 aromatic heterocycles. The topological polar surface area (TPSA) is 29.5 Å². The minimum absolute atomic E-state index is 0.106. The molecule has 0 rings (SSSR count). The molecule has 0 aliphatic rings. The third kappa shape index (κ3) is 7.76. The molecule has 0 bridgehead atoms. The van der Waals surface area contributed by atoms with Gasteiger partial charge in [0, 0.05) is 0 Å². The van der Waals surface area contributed by atoms with E-state index in [9.17, 15) is 5.11 Å². The highest BCUT2D eigenvalue weighted by Gasteiger charge is 2.36. The molecule has 0 heterocycles. The summed E-state index contributed by atoms with van der Waals surface area (Å²) >= 11 is 2.21. The second kappa shape index (κ2) is 9.18. The Bertz CT molecular complexity index is 376. The van der Waals surface area contributed by atoms with Crippen molar-refractivity contribution in [1.82, 2.24) is 0 Å². The molecule has 0 saturated carbocycles. The van der Waals surface area contributed by atoms with Crippen molar-refractivity contribution >= 4 is 30.9 Å². The van der Waals surface area contributed by atoms with E-state index in [0.717, 1.165) is 12.0 Å².